The van der Waals surface area contributed by atoms with Crippen molar-refractivity contribution in [2.24, 2.45) is 5.73 Å². The van der Waals surface area contributed by atoms with Crippen LogP contribution in [0.25, 0.3) is 5.57 Å². The fraction of sp³-hybridized carbons (Fsp3) is 0.158. The topological polar surface area (TPSA) is 75.9 Å². The summed E-state index contributed by atoms with van der Waals surface area (Å²) >= 11 is 0. The maximum Gasteiger partial charge on any atom is 0.130 e. The van der Waals surface area contributed by atoms with Gasteiger partial charge in [-0.05, 0) is 23.4 Å². The smallest absolute Gasteiger partial charge is 0.130 e. The Kier molecular flexibility index (Phi) is 5.37. The first kappa shape index (κ1) is 16.0. The van der Waals surface area contributed by atoms with Crippen molar-refractivity contribution in [3.8, 4) is 0 Å². The Labute approximate surface area is 142 Å². The van der Waals surface area contributed by atoms with Crippen molar-refractivity contribution in [1.82, 2.24) is 15.3 Å². The zero-order valence-corrected chi connectivity index (χ0v) is 13.4. The molecule has 122 valence electrons. The van der Waals surface area contributed by atoms with Crippen molar-refractivity contribution in [2.45, 2.75) is 6.54 Å². The average Bonchev–Trinajstić information content (AvgIpc) is 2.66. The lowest BCUT2D eigenvalue weighted by Crippen LogP contribution is -2.23. The van der Waals surface area contributed by atoms with Gasteiger partial charge in [0.15, 0.2) is 0 Å². The predicted molar refractivity (Wildman–Crippen MR) is 98.1 cm³/mol. The van der Waals surface area contributed by atoms with Crippen LogP contribution in [0.2, 0.25) is 0 Å². The Morgan fingerprint density at radius 2 is 2.08 bits per heavy atom. The Morgan fingerprint density at radius 1 is 1.21 bits per heavy atom. The molecule has 4 N–H and O–H groups in total. The number of nitrogens with zero attached hydrogens (tertiary/aromatic N) is 2. The minimum absolute atomic E-state index is 0.733. The van der Waals surface area contributed by atoms with Gasteiger partial charge in [-0.2, -0.15) is 0 Å². The number of nitrogens with one attached hydrogen (secondary N) is 2. The first-order chi connectivity index (χ1) is 11.9. The molecular formula is C19H21N5. The zero-order chi connectivity index (χ0) is 16.6. The van der Waals surface area contributed by atoms with Gasteiger partial charge in [0.25, 0.3) is 0 Å². The molecule has 0 saturated carbocycles. The second kappa shape index (κ2) is 8.08. The van der Waals surface area contributed by atoms with Crippen molar-refractivity contribution >= 4 is 11.4 Å². The number of hydrogen-bond acceptors (Lipinski definition) is 5. The second-order valence-corrected chi connectivity index (χ2v) is 5.45. The molecule has 5 nitrogen and oxygen atoms in total. The van der Waals surface area contributed by atoms with Crippen LogP contribution in [0.4, 0.5) is 5.82 Å². The van der Waals surface area contributed by atoms with Crippen LogP contribution in [0.3, 0.4) is 0 Å². The number of nitrogens with two attached hydrogens (primary N) is 1. The first-order valence-electron chi connectivity index (χ1n) is 7.96. The predicted octanol–water partition coefficient (Wildman–Crippen LogP) is 2.47. The number of benzene rings is 1. The number of anilines is 1. The fourth-order valence-corrected chi connectivity index (χ4v) is 2.59. The van der Waals surface area contributed by atoms with E-state index >= 15 is 0 Å². The van der Waals surface area contributed by atoms with Crippen molar-refractivity contribution in [3.63, 3.8) is 0 Å². The lowest BCUT2D eigenvalue weighted by molar-refractivity contribution is 0.808. The van der Waals surface area contributed by atoms with Crippen LogP contribution in [-0.2, 0) is 6.54 Å². The molecule has 0 unspecified atom stereocenters. The van der Waals surface area contributed by atoms with Gasteiger partial charge >= 0.3 is 0 Å². The molecule has 1 aromatic carbocycles. The summed E-state index contributed by atoms with van der Waals surface area (Å²) in [4.78, 5) is 8.75. The number of allylic oxidation sites excluding steroid dienone is 2. The maximum atomic E-state index is 5.45. The van der Waals surface area contributed by atoms with E-state index in [1.54, 1.807) is 6.33 Å². The summed E-state index contributed by atoms with van der Waals surface area (Å²) in [6, 6.07) is 12.2. The number of hydrogen-bond donors (Lipinski definition) is 3. The molecule has 3 rings (SSSR count). The minimum atomic E-state index is 0.733. The summed E-state index contributed by atoms with van der Waals surface area (Å²) in [5.74, 6) is 0.817. The summed E-state index contributed by atoms with van der Waals surface area (Å²) in [5, 5.41) is 6.68. The number of rotatable bonds is 5. The van der Waals surface area contributed by atoms with Gasteiger partial charge < -0.3 is 16.4 Å². The van der Waals surface area contributed by atoms with Gasteiger partial charge in [-0.25, -0.2) is 9.97 Å². The molecule has 0 spiro atoms. The maximum absolute atomic E-state index is 5.45. The second-order valence-electron chi connectivity index (χ2n) is 5.45. The molecule has 1 aliphatic heterocycles. The molecule has 0 atom stereocenters. The van der Waals surface area contributed by atoms with Crippen LogP contribution in [0, 0.1) is 0 Å². The highest BCUT2D eigenvalue weighted by molar-refractivity contribution is 5.79. The third-order valence-corrected chi connectivity index (χ3v) is 3.78. The van der Waals surface area contributed by atoms with E-state index in [0.29, 0.717) is 0 Å². The summed E-state index contributed by atoms with van der Waals surface area (Å²) in [5.41, 5.74) is 9.86. The quantitative estimate of drug-likeness (QED) is 0.789. The van der Waals surface area contributed by atoms with Gasteiger partial charge in [-0.1, -0.05) is 42.5 Å². The molecule has 0 fully saturated rings. The Morgan fingerprint density at radius 3 is 2.92 bits per heavy atom. The summed E-state index contributed by atoms with van der Waals surface area (Å²) in [7, 11) is 0. The van der Waals surface area contributed by atoms with E-state index in [2.05, 4.69) is 38.8 Å². The first-order valence-corrected chi connectivity index (χ1v) is 7.96. The third kappa shape index (κ3) is 4.08. The largest absolute Gasteiger partial charge is 0.405 e. The van der Waals surface area contributed by atoms with Crippen LogP contribution in [0.15, 0.2) is 72.7 Å². The van der Waals surface area contributed by atoms with Gasteiger partial charge in [0.05, 0.1) is 5.69 Å². The highest BCUT2D eigenvalue weighted by Gasteiger charge is 2.13. The fourth-order valence-electron chi connectivity index (χ4n) is 2.59. The molecule has 0 amide bonds. The lowest BCUT2D eigenvalue weighted by atomic mass is 9.99. The molecule has 24 heavy (non-hydrogen) atoms. The lowest BCUT2D eigenvalue weighted by Gasteiger charge is -2.18. The highest BCUT2D eigenvalue weighted by Crippen LogP contribution is 2.24. The van der Waals surface area contributed by atoms with Crippen molar-refractivity contribution in [3.05, 3.63) is 84.0 Å². The van der Waals surface area contributed by atoms with Crippen molar-refractivity contribution in [1.29, 1.82) is 0 Å². The van der Waals surface area contributed by atoms with Crippen LogP contribution >= 0.6 is 0 Å². The van der Waals surface area contributed by atoms with E-state index in [4.69, 9.17) is 5.73 Å². The molecule has 1 aliphatic rings. The molecule has 0 saturated heterocycles. The standard InChI is InChI=1S/C19H21N5/c20-9-4-7-16-13-21-10-8-17(16)18-11-19(24-14-23-18)22-12-15-5-2-1-3-6-15/h1-9,11,14,21H,10,12-13,20H2,(H,22,23,24)/b9-4-,16-7+. The summed E-state index contributed by atoms with van der Waals surface area (Å²) in [6.45, 7) is 2.36. The van der Waals surface area contributed by atoms with Crippen LogP contribution < -0.4 is 16.4 Å². The van der Waals surface area contributed by atoms with Gasteiger partial charge in [0.2, 0.25) is 0 Å². The van der Waals surface area contributed by atoms with Gasteiger partial charge in [0, 0.05) is 31.3 Å². The molecule has 0 aliphatic carbocycles. The van der Waals surface area contributed by atoms with E-state index in [-0.39, 0.29) is 0 Å². The Balaban J connectivity index is 1.78. The molecule has 1 aromatic heterocycles. The van der Waals surface area contributed by atoms with Gasteiger partial charge in [-0.3, -0.25) is 0 Å². The van der Waals surface area contributed by atoms with Crippen LogP contribution in [-0.4, -0.2) is 23.1 Å². The van der Waals surface area contributed by atoms with E-state index in [9.17, 15) is 0 Å². The third-order valence-electron chi connectivity index (χ3n) is 3.78. The normalized spacial score (nSPS) is 16.3. The van der Waals surface area contributed by atoms with E-state index in [0.717, 1.165) is 42.3 Å². The zero-order valence-electron chi connectivity index (χ0n) is 13.4. The molecule has 2 heterocycles. The van der Waals surface area contributed by atoms with E-state index in [1.807, 2.05) is 36.4 Å². The van der Waals surface area contributed by atoms with Gasteiger partial charge in [0.1, 0.15) is 12.1 Å². The molecule has 2 aromatic rings. The molecular weight excluding hydrogens is 298 g/mol. The molecule has 0 bridgehead atoms. The highest BCUT2D eigenvalue weighted by atomic mass is 15.0. The van der Waals surface area contributed by atoms with Crippen molar-refractivity contribution in [2.75, 3.05) is 18.4 Å². The Bertz CT molecular complexity index is 762. The van der Waals surface area contributed by atoms with E-state index in [1.165, 1.54) is 11.8 Å². The summed E-state index contributed by atoms with van der Waals surface area (Å²) < 4.78 is 0. The average molecular weight is 319 g/mol. The molecule has 0 radical (unpaired) electrons. The Hall–Kier alpha value is -2.92. The van der Waals surface area contributed by atoms with E-state index < -0.39 is 0 Å². The van der Waals surface area contributed by atoms with Crippen LogP contribution in [0.5, 0.6) is 0 Å². The molecule has 5 heteroatoms. The van der Waals surface area contributed by atoms with Crippen LogP contribution in [0.1, 0.15) is 11.3 Å². The monoisotopic (exact) mass is 319 g/mol. The van der Waals surface area contributed by atoms with Crippen molar-refractivity contribution < 1.29 is 0 Å². The minimum Gasteiger partial charge on any atom is -0.405 e. The summed E-state index contributed by atoms with van der Waals surface area (Å²) in [6.07, 6.45) is 9.13. The number of aromatic nitrogens is 2. The SMILES string of the molecule is N/C=C\C=C1/CNCC=C1c1cc(NCc2ccccc2)ncn1. The van der Waals surface area contributed by atoms with Gasteiger partial charge in [-0.15, -0.1) is 0 Å².